The molecule has 146 valence electrons. The van der Waals surface area contributed by atoms with Crippen molar-refractivity contribution in [3.05, 3.63) is 53.1 Å². The van der Waals surface area contributed by atoms with E-state index in [0.717, 1.165) is 0 Å². The Balaban J connectivity index is 1.45. The minimum atomic E-state index is -0.941. The van der Waals surface area contributed by atoms with Crippen LogP contribution in [0.3, 0.4) is 0 Å². The lowest BCUT2D eigenvalue weighted by atomic mass is 10.2. The van der Waals surface area contributed by atoms with Gasteiger partial charge in [-0.2, -0.15) is 0 Å². The molecule has 0 fully saturated rings. The third-order valence-corrected chi connectivity index (χ3v) is 3.93. The Morgan fingerprint density at radius 2 is 1.89 bits per heavy atom. The Morgan fingerprint density at radius 1 is 1.14 bits per heavy atom. The summed E-state index contributed by atoms with van der Waals surface area (Å²) in [6.07, 6.45) is -0.941. The van der Waals surface area contributed by atoms with Gasteiger partial charge in [0.25, 0.3) is 11.8 Å². The number of halogens is 1. The zero-order valence-corrected chi connectivity index (χ0v) is 15.2. The maximum absolute atomic E-state index is 12.1. The molecular formula is C18H16ClN3O6. The molecule has 1 heterocycles. The molecular weight excluding hydrogens is 390 g/mol. The lowest BCUT2D eigenvalue weighted by Gasteiger charge is -2.25. The molecule has 1 atom stereocenters. The van der Waals surface area contributed by atoms with Crippen LogP contribution in [0.25, 0.3) is 0 Å². The number of para-hydroxylation sites is 2. The lowest BCUT2D eigenvalue weighted by Crippen LogP contribution is -2.51. The first-order valence-corrected chi connectivity index (χ1v) is 8.51. The normalized spacial score (nSPS) is 14.7. The molecule has 9 nitrogen and oxygen atoms in total. The molecule has 2 aromatic carbocycles. The third-order valence-electron chi connectivity index (χ3n) is 3.70. The number of hydrogen-bond donors (Lipinski definition) is 3. The van der Waals surface area contributed by atoms with Gasteiger partial charge >= 0.3 is 5.97 Å². The molecule has 0 unspecified atom stereocenters. The van der Waals surface area contributed by atoms with E-state index < -0.39 is 30.5 Å². The standard InChI is InChI=1S/C18H16ClN3O6/c19-10-5-6-12(20)11(7-10)18(25)27-9-16(23)21-22-17(24)15-8-26-13-3-1-2-4-14(13)28-15/h1-7,15H,8-9,20H2,(H,21,23)(H,22,24)/t15-/m0/s1. The van der Waals surface area contributed by atoms with E-state index in [1.54, 1.807) is 24.3 Å². The summed E-state index contributed by atoms with van der Waals surface area (Å²) in [5.41, 5.74) is 10.2. The maximum Gasteiger partial charge on any atom is 0.340 e. The largest absolute Gasteiger partial charge is 0.485 e. The van der Waals surface area contributed by atoms with E-state index in [-0.39, 0.29) is 17.9 Å². The molecule has 0 radical (unpaired) electrons. The minimum Gasteiger partial charge on any atom is -0.485 e. The van der Waals surface area contributed by atoms with Gasteiger partial charge in [0, 0.05) is 10.7 Å². The van der Waals surface area contributed by atoms with Gasteiger partial charge in [-0.1, -0.05) is 23.7 Å². The van der Waals surface area contributed by atoms with E-state index in [2.05, 4.69) is 10.9 Å². The fraction of sp³-hybridized carbons (Fsp3) is 0.167. The number of amides is 2. The van der Waals surface area contributed by atoms with E-state index in [9.17, 15) is 14.4 Å². The van der Waals surface area contributed by atoms with Gasteiger partial charge < -0.3 is 19.9 Å². The molecule has 0 saturated heterocycles. The van der Waals surface area contributed by atoms with Crippen molar-refractivity contribution in [2.24, 2.45) is 0 Å². The Bertz CT molecular complexity index is 920. The summed E-state index contributed by atoms with van der Waals surface area (Å²) in [6.45, 7) is -0.641. The third kappa shape index (κ3) is 4.63. The zero-order valence-electron chi connectivity index (χ0n) is 14.4. The Morgan fingerprint density at radius 3 is 2.68 bits per heavy atom. The van der Waals surface area contributed by atoms with Crippen LogP contribution >= 0.6 is 11.6 Å². The molecule has 3 rings (SSSR count). The molecule has 1 aliphatic rings. The number of hydrogen-bond acceptors (Lipinski definition) is 7. The van der Waals surface area contributed by atoms with Gasteiger partial charge in [-0.25, -0.2) is 4.79 Å². The topological polar surface area (TPSA) is 129 Å². The molecule has 2 amide bonds. The number of fused-ring (bicyclic) bond motifs is 1. The Hall–Kier alpha value is -3.46. The van der Waals surface area contributed by atoms with Crippen molar-refractivity contribution in [1.82, 2.24) is 10.9 Å². The summed E-state index contributed by atoms with van der Waals surface area (Å²) in [5.74, 6) is -1.23. The van der Waals surface area contributed by atoms with E-state index >= 15 is 0 Å². The molecule has 0 bridgehead atoms. The number of carbonyl (C=O) groups excluding carboxylic acids is 3. The van der Waals surface area contributed by atoms with Crippen LogP contribution < -0.4 is 26.1 Å². The van der Waals surface area contributed by atoms with Crippen molar-refractivity contribution >= 4 is 35.1 Å². The number of nitrogen functional groups attached to an aromatic ring is 1. The van der Waals surface area contributed by atoms with Crippen LogP contribution in [0.5, 0.6) is 11.5 Å². The number of carbonyl (C=O) groups is 3. The molecule has 0 aromatic heterocycles. The molecule has 10 heteroatoms. The highest BCUT2D eigenvalue weighted by atomic mass is 35.5. The van der Waals surface area contributed by atoms with E-state index in [0.29, 0.717) is 16.5 Å². The van der Waals surface area contributed by atoms with E-state index in [1.165, 1.54) is 18.2 Å². The zero-order chi connectivity index (χ0) is 20.1. The highest BCUT2D eigenvalue weighted by Crippen LogP contribution is 2.30. The second-order valence-corrected chi connectivity index (χ2v) is 6.15. The van der Waals surface area contributed by atoms with Gasteiger partial charge in [0.15, 0.2) is 18.1 Å². The summed E-state index contributed by atoms with van der Waals surface area (Å²) in [5, 5.41) is 0.300. The highest BCUT2D eigenvalue weighted by molar-refractivity contribution is 6.31. The number of nitrogens with one attached hydrogen (secondary N) is 2. The summed E-state index contributed by atoms with van der Waals surface area (Å²) < 4.78 is 15.8. The molecule has 1 aliphatic heterocycles. The number of ether oxygens (including phenoxy) is 3. The van der Waals surface area contributed by atoms with Crippen molar-refractivity contribution in [1.29, 1.82) is 0 Å². The first-order chi connectivity index (χ1) is 13.4. The van der Waals surface area contributed by atoms with Crippen LogP contribution in [0.2, 0.25) is 5.02 Å². The number of esters is 1. The van der Waals surface area contributed by atoms with Crippen LogP contribution in [-0.4, -0.2) is 37.1 Å². The quantitative estimate of drug-likeness (QED) is 0.394. The Kier molecular flexibility index (Phi) is 5.85. The van der Waals surface area contributed by atoms with Gasteiger partial charge in [0.2, 0.25) is 6.10 Å². The van der Waals surface area contributed by atoms with Crippen molar-refractivity contribution in [2.75, 3.05) is 18.9 Å². The SMILES string of the molecule is Nc1ccc(Cl)cc1C(=O)OCC(=O)NNC(=O)[C@@H]1COc2ccccc2O1. The van der Waals surface area contributed by atoms with E-state index in [1.807, 2.05) is 0 Å². The molecule has 2 aromatic rings. The fourth-order valence-electron chi connectivity index (χ4n) is 2.31. The summed E-state index contributed by atoms with van der Waals surface area (Å²) >= 11 is 5.80. The van der Waals surface area contributed by atoms with Gasteiger partial charge in [0.1, 0.15) is 6.61 Å². The first-order valence-electron chi connectivity index (χ1n) is 8.13. The first kappa shape index (κ1) is 19.3. The molecule has 4 N–H and O–H groups in total. The van der Waals surface area contributed by atoms with Crippen LogP contribution in [0, 0.1) is 0 Å². The molecule has 0 saturated carbocycles. The average molecular weight is 406 g/mol. The van der Waals surface area contributed by atoms with Gasteiger partial charge in [0.05, 0.1) is 5.56 Å². The lowest BCUT2D eigenvalue weighted by molar-refractivity contribution is -0.135. The number of anilines is 1. The van der Waals surface area contributed by atoms with Gasteiger partial charge in [-0.15, -0.1) is 0 Å². The fourth-order valence-corrected chi connectivity index (χ4v) is 2.48. The number of hydrazine groups is 1. The average Bonchev–Trinajstić information content (AvgIpc) is 2.71. The number of rotatable bonds is 4. The predicted octanol–water partition coefficient (Wildman–Crippen LogP) is 1.07. The summed E-state index contributed by atoms with van der Waals surface area (Å²) in [7, 11) is 0. The van der Waals surface area contributed by atoms with Crippen molar-refractivity contribution in [3.8, 4) is 11.5 Å². The van der Waals surface area contributed by atoms with Crippen LogP contribution in [0.4, 0.5) is 5.69 Å². The van der Waals surface area contributed by atoms with E-state index in [4.69, 9.17) is 31.5 Å². The molecule has 0 aliphatic carbocycles. The smallest absolute Gasteiger partial charge is 0.340 e. The monoisotopic (exact) mass is 405 g/mol. The van der Waals surface area contributed by atoms with Crippen LogP contribution in [0.15, 0.2) is 42.5 Å². The predicted molar refractivity (Wildman–Crippen MR) is 98.8 cm³/mol. The summed E-state index contributed by atoms with van der Waals surface area (Å²) in [4.78, 5) is 35.8. The van der Waals surface area contributed by atoms with Crippen LogP contribution in [-0.2, 0) is 14.3 Å². The van der Waals surface area contributed by atoms with Crippen LogP contribution in [0.1, 0.15) is 10.4 Å². The number of benzene rings is 2. The Labute approximate surface area is 164 Å². The summed E-state index contributed by atoms with van der Waals surface area (Å²) in [6, 6.07) is 11.2. The molecule has 0 spiro atoms. The van der Waals surface area contributed by atoms with Crippen molar-refractivity contribution in [3.63, 3.8) is 0 Å². The highest BCUT2D eigenvalue weighted by Gasteiger charge is 2.27. The van der Waals surface area contributed by atoms with Gasteiger partial charge in [-0.05, 0) is 30.3 Å². The van der Waals surface area contributed by atoms with Crippen molar-refractivity contribution < 1.29 is 28.6 Å². The van der Waals surface area contributed by atoms with Gasteiger partial charge in [-0.3, -0.25) is 20.4 Å². The second-order valence-electron chi connectivity index (χ2n) is 5.71. The minimum absolute atomic E-state index is 0.0122. The second kappa shape index (κ2) is 8.49. The number of nitrogens with two attached hydrogens (primary N) is 1. The molecule has 28 heavy (non-hydrogen) atoms. The maximum atomic E-state index is 12.1. The van der Waals surface area contributed by atoms with Crippen molar-refractivity contribution in [2.45, 2.75) is 6.10 Å².